The Bertz CT molecular complexity index is 1050. The highest BCUT2D eigenvalue weighted by Gasteiger charge is 2.26. The fraction of sp³-hybridized carbons (Fsp3) is 0.435. The molecule has 2 aromatic carbocycles. The van der Waals surface area contributed by atoms with Gasteiger partial charge >= 0.3 is 16.1 Å². The summed E-state index contributed by atoms with van der Waals surface area (Å²) < 4.78 is 49.8. The summed E-state index contributed by atoms with van der Waals surface area (Å²) in [6.45, 7) is 9.68. The molecule has 0 unspecified atom stereocenters. The Kier molecular flexibility index (Phi) is 8.12. The van der Waals surface area contributed by atoms with Crippen LogP contribution in [0.4, 0.5) is 9.18 Å². The molecule has 1 atom stereocenters. The number of rotatable bonds is 8. The predicted molar refractivity (Wildman–Crippen MR) is 121 cm³/mol. The number of nitrogens with one attached hydrogen (secondary N) is 1. The lowest BCUT2D eigenvalue weighted by molar-refractivity contribution is 0.164. The zero-order valence-corrected chi connectivity index (χ0v) is 20.1. The Hall–Kier alpha value is -2.81. The van der Waals surface area contributed by atoms with Crippen LogP contribution in [-0.2, 0) is 16.7 Å². The summed E-state index contributed by atoms with van der Waals surface area (Å²) in [7, 11) is -3.02. The van der Waals surface area contributed by atoms with Crippen molar-refractivity contribution in [2.24, 2.45) is 0 Å². The molecule has 32 heavy (non-hydrogen) atoms. The molecule has 1 N–H and O–H groups in total. The molecule has 0 aliphatic heterocycles. The first-order valence-corrected chi connectivity index (χ1v) is 11.7. The summed E-state index contributed by atoms with van der Waals surface area (Å²) in [6.07, 6.45) is 0.712. The second kappa shape index (κ2) is 10.2. The van der Waals surface area contributed by atoms with Gasteiger partial charge in [0.25, 0.3) is 0 Å². The number of ether oxygens (including phenoxy) is 1. The lowest BCUT2D eigenvalue weighted by atomic mass is 10.1. The molecule has 0 fully saturated rings. The largest absolute Gasteiger partial charge is 0.494 e. The quantitative estimate of drug-likeness (QED) is 0.570. The number of hydrogen-bond donors (Lipinski definition) is 1. The van der Waals surface area contributed by atoms with Gasteiger partial charge in [-0.25, -0.2) is 9.18 Å². The molecule has 2 amide bonds. The third-order valence-corrected chi connectivity index (χ3v) is 6.02. The van der Waals surface area contributed by atoms with Gasteiger partial charge in [0.1, 0.15) is 10.6 Å². The van der Waals surface area contributed by atoms with Crippen LogP contribution in [-0.4, -0.2) is 38.0 Å². The summed E-state index contributed by atoms with van der Waals surface area (Å²) in [5.41, 5.74) is 0.0788. The molecular formula is C23H31FN2O5S. The number of nitrogens with zero attached hydrogens (tertiary/aromatic N) is 1. The van der Waals surface area contributed by atoms with E-state index in [0.717, 1.165) is 6.07 Å². The van der Waals surface area contributed by atoms with Crippen LogP contribution in [0.3, 0.4) is 0 Å². The average Bonchev–Trinajstić information content (AvgIpc) is 2.70. The molecular weight excluding hydrogens is 435 g/mol. The summed E-state index contributed by atoms with van der Waals surface area (Å²) in [5, 5.41) is 2.94. The normalized spacial score (nSPS) is 12.7. The number of methoxy groups -OCH3 is 1. The van der Waals surface area contributed by atoms with Gasteiger partial charge in [-0.15, -0.1) is 0 Å². The van der Waals surface area contributed by atoms with Crippen LogP contribution in [0.5, 0.6) is 11.5 Å². The van der Waals surface area contributed by atoms with Crippen LogP contribution in [0.2, 0.25) is 0 Å². The molecule has 2 rings (SSSR count). The molecule has 2 aromatic rings. The first kappa shape index (κ1) is 25.5. The Morgan fingerprint density at radius 2 is 1.81 bits per heavy atom. The molecule has 0 radical (unpaired) electrons. The number of para-hydroxylation sites is 1. The van der Waals surface area contributed by atoms with Crippen LogP contribution < -0.4 is 14.2 Å². The minimum absolute atomic E-state index is 0.0700. The van der Waals surface area contributed by atoms with E-state index in [9.17, 15) is 17.6 Å². The van der Waals surface area contributed by atoms with Gasteiger partial charge in [0.2, 0.25) is 0 Å². The minimum atomic E-state index is -4.31. The van der Waals surface area contributed by atoms with Crippen LogP contribution >= 0.6 is 0 Å². The van der Waals surface area contributed by atoms with Crippen molar-refractivity contribution >= 4 is 16.1 Å². The van der Waals surface area contributed by atoms with Gasteiger partial charge in [-0.3, -0.25) is 0 Å². The maximum Gasteiger partial charge on any atom is 0.339 e. The van der Waals surface area contributed by atoms with Gasteiger partial charge in [-0.2, -0.15) is 8.42 Å². The highest BCUT2D eigenvalue weighted by Crippen LogP contribution is 2.27. The molecule has 0 saturated heterocycles. The van der Waals surface area contributed by atoms with Crippen LogP contribution in [0.25, 0.3) is 0 Å². The molecule has 0 aliphatic carbocycles. The lowest BCUT2D eigenvalue weighted by Crippen LogP contribution is -2.50. The fourth-order valence-electron chi connectivity index (χ4n) is 2.91. The number of urea groups is 1. The van der Waals surface area contributed by atoms with Crippen molar-refractivity contribution in [3.63, 3.8) is 0 Å². The Morgan fingerprint density at radius 1 is 1.16 bits per heavy atom. The van der Waals surface area contributed by atoms with Gasteiger partial charge in [0.15, 0.2) is 11.6 Å². The van der Waals surface area contributed by atoms with Gasteiger partial charge in [-0.05, 0) is 58.4 Å². The zero-order valence-electron chi connectivity index (χ0n) is 19.3. The summed E-state index contributed by atoms with van der Waals surface area (Å²) in [6, 6.07) is 9.48. The maximum absolute atomic E-state index is 14.0. The number of halogens is 1. The monoisotopic (exact) mass is 466 g/mol. The van der Waals surface area contributed by atoms with Crippen molar-refractivity contribution < 1.29 is 26.5 Å². The second-order valence-electron chi connectivity index (χ2n) is 8.51. The van der Waals surface area contributed by atoms with Crippen molar-refractivity contribution in [2.45, 2.75) is 64.1 Å². The summed E-state index contributed by atoms with van der Waals surface area (Å²) in [4.78, 5) is 14.2. The van der Waals surface area contributed by atoms with Gasteiger partial charge < -0.3 is 19.1 Å². The van der Waals surface area contributed by atoms with Gasteiger partial charge in [0, 0.05) is 17.1 Å². The van der Waals surface area contributed by atoms with E-state index in [1.54, 1.807) is 23.1 Å². The Balaban J connectivity index is 2.35. The number of benzene rings is 2. The van der Waals surface area contributed by atoms with Crippen molar-refractivity contribution in [1.82, 2.24) is 10.2 Å². The van der Waals surface area contributed by atoms with E-state index in [0.29, 0.717) is 12.0 Å². The number of hydrogen-bond acceptors (Lipinski definition) is 5. The van der Waals surface area contributed by atoms with E-state index in [-0.39, 0.29) is 35.0 Å². The molecule has 0 aliphatic rings. The van der Waals surface area contributed by atoms with Crippen LogP contribution in [0, 0.1) is 5.82 Å². The number of carbonyl (C=O) groups excluding carboxylic acids is 1. The van der Waals surface area contributed by atoms with E-state index < -0.39 is 21.5 Å². The van der Waals surface area contributed by atoms with Crippen molar-refractivity contribution in [2.75, 3.05) is 7.11 Å². The molecule has 7 nitrogen and oxygen atoms in total. The molecule has 176 valence electrons. The summed E-state index contributed by atoms with van der Waals surface area (Å²) >= 11 is 0. The van der Waals surface area contributed by atoms with E-state index >= 15 is 0 Å². The van der Waals surface area contributed by atoms with E-state index in [2.05, 4.69) is 5.32 Å². The van der Waals surface area contributed by atoms with Crippen molar-refractivity contribution in [1.29, 1.82) is 0 Å². The maximum atomic E-state index is 14.0. The second-order valence-corrected chi connectivity index (χ2v) is 10.1. The number of carbonyl (C=O) groups is 1. The zero-order chi connectivity index (χ0) is 24.1. The topological polar surface area (TPSA) is 84.9 Å². The standard InChI is InChI=1S/C23H31FN2O5S/c1-7-16(2)26(22(27)25-23(3,4)5)15-17-10-8-9-11-20(17)31-32(28,29)18-12-13-21(30-6)19(24)14-18/h8-14,16H,7,15H2,1-6H3,(H,25,27)/t16-/m1/s1. The Morgan fingerprint density at radius 3 is 2.38 bits per heavy atom. The minimum Gasteiger partial charge on any atom is -0.494 e. The molecule has 0 saturated carbocycles. The first-order chi connectivity index (χ1) is 14.9. The van der Waals surface area contributed by atoms with E-state index in [1.807, 2.05) is 34.6 Å². The number of amides is 2. The third kappa shape index (κ3) is 6.59. The smallest absolute Gasteiger partial charge is 0.339 e. The van der Waals surface area contributed by atoms with Crippen molar-refractivity contribution in [3.8, 4) is 11.5 Å². The van der Waals surface area contributed by atoms with Crippen LogP contribution in [0.15, 0.2) is 47.4 Å². The molecule has 0 heterocycles. The highest BCUT2D eigenvalue weighted by molar-refractivity contribution is 7.87. The van der Waals surface area contributed by atoms with Crippen LogP contribution in [0.1, 0.15) is 46.6 Å². The molecule has 9 heteroatoms. The third-order valence-electron chi connectivity index (χ3n) is 4.79. The van der Waals surface area contributed by atoms with Gasteiger partial charge in [0.05, 0.1) is 13.7 Å². The molecule has 0 spiro atoms. The highest BCUT2D eigenvalue weighted by atomic mass is 32.2. The fourth-order valence-corrected chi connectivity index (χ4v) is 3.89. The molecule has 0 bridgehead atoms. The molecule has 0 aromatic heterocycles. The summed E-state index contributed by atoms with van der Waals surface area (Å²) in [5.74, 6) is -0.814. The average molecular weight is 467 g/mol. The van der Waals surface area contributed by atoms with Gasteiger partial charge in [-0.1, -0.05) is 25.1 Å². The van der Waals surface area contributed by atoms with E-state index in [1.165, 1.54) is 25.3 Å². The Labute approximate surface area is 189 Å². The lowest BCUT2D eigenvalue weighted by Gasteiger charge is -2.32. The van der Waals surface area contributed by atoms with Crippen molar-refractivity contribution in [3.05, 3.63) is 53.8 Å². The first-order valence-electron chi connectivity index (χ1n) is 10.3. The van der Waals surface area contributed by atoms with E-state index in [4.69, 9.17) is 8.92 Å². The predicted octanol–water partition coefficient (Wildman–Crippen LogP) is 4.71. The SMILES string of the molecule is CC[C@@H](C)N(Cc1ccccc1OS(=O)(=O)c1ccc(OC)c(F)c1)C(=O)NC(C)(C)C.